The summed E-state index contributed by atoms with van der Waals surface area (Å²) in [7, 11) is 1.74. The van der Waals surface area contributed by atoms with Gasteiger partial charge < -0.3 is 10.5 Å². The molecule has 3 nitrogen and oxygen atoms in total. The fourth-order valence-electron chi connectivity index (χ4n) is 4.06. The molecule has 1 heterocycles. The van der Waals surface area contributed by atoms with Crippen LogP contribution in [-0.2, 0) is 17.6 Å². The Balaban J connectivity index is 1.47. The Morgan fingerprint density at radius 2 is 1.81 bits per heavy atom. The molecular formula is C18H28N2O. The molecule has 1 aliphatic carbocycles. The van der Waals surface area contributed by atoms with E-state index in [-0.39, 0.29) is 6.04 Å². The molecule has 0 spiro atoms. The summed E-state index contributed by atoms with van der Waals surface area (Å²) in [4.78, 5) is 2.71. The van der Waals surface area contributed by atoms with E-state index in [1.54, 1.807) is 18.2 Å². The molecule has 0 radical (unpaired) electrons. The molecule has 2 N–H and O–H groups in total. The van der Waals surface area contributed by atoms with Crippen LogP contribution in [-0.4, -0.2) is 43.8 Å². The van der Waals surface area contributed by atoms with Crippen LogP contribution in [0.25, 0.3) is 0 Å². The van der Waals surface area contributed by atoms with Crippen LogP contribution in [0.3, 0.4) is 0 Å². The lowest BCUT2D eigenvalue weighted by Crippen LogP contribution is -2.43. The fraction of sp³-hybridized carbons (Fsp3) is 0.667. The van der Waals surface area contributed by atoms with Crippen LogP contribution >= 0.6 is 0 Å². The number of nitrogens with zero attached hydrogens (tertiary/aromatic N) is 1. The van der Waals surface area contributed by atoms with Crippen molar-refractivity contribution >= 4 is 0 Å². The van der Waals surface area contributed by atoms with Crippen LogP contribution in [0.5, 0.6) is 0 Å². The summed E-state index contributed by atoms with van der Waals surface area (Å²) in [5.74, 6) is 0.787. The molecule has 0 amide bonds. The van der Waals surface area contributed by atoms with Gasteiger partial charge in [-0.1, -0.05) is 24.3 Å². The maximum Gasteiger partial charge on any atom is 0.0613 e. The molecule has 0 aromatic heterocycles. The van der Waals surface area contributed by atoms with Crippen molar-refractivity contribution in [2.45, 2.75) is 44.2 Å². The van der Waals surface area contributed by atoms with E-state index in [1.165, 1.54) is 38.8 Å². The lowest BCUT2D eigenvalue weighted by molar-refractivity contribution is 0.117. The van der Waals surface area contributed by atoms with Crippen molar-refractivity contribution in [3.63, 3.8) is 0 Å². The molecule has 1 atom stereocenters. The lowest BCUT2D eigenvalue weighted by atomic mass is 9.89. The number of piperidine rings is 1. The number of rotatable bonds is 5. The van der Waals surface area contributed by atoms with Gasteiger partial charge in [-0.3, -0.25) is 4.90 Å². The average Bonchev–Trinajstić information content (AvgIpc) is 2.92. The number of methoxy groups -OCH3 is 1. The standard InChI is InChI=1S/C18H28N2O/c1-21-13-17(19)10-14-6-8-20(9-7-14)18-11-15-4-2-3-5-16(15)12-18/h2-5,14,17-18H,6-13,19H2,1H3. The maximum absolute atomic E-state index is 6.09. The van der Waals surface area contributed by atoms with Gasteiger partial charge >= 0.3 is 0 Å². The van der Waals surface area contributed by atoms with E-state index in [0.29, 0.717) is 6.61 Å². The van der Waals surface area contributed by atoms with Gasteiger partial charge in [0.25, 0.3) is 0 Å². The summed E-state index contributed by atoms with van der Waals surface area (Å²) in [6, 6.07) is 9.88. The predicted molar refractivity (Wildman–Crippen MR) is 86.4 cm³/mol. The van der Waals surface area contributed by atoms with Crippen LogP contribution in [0.4, 0.5) is 0 Å². The summed E-state index contributed by atoms with van der Waals surface area (Å²) >= 11 is 0. The maximum atomic E-state index is 6.09. The Morgan fingerprint density at radius 1 is 1.19 bits per heavy atom. The molecule has 21 heavy (non-hydrogen) atoms. The van der Waals surface area contributed by atoms with E-state index in [2.05, 4.69) is 29.2 Å². The average molecular weight is 288 g/mol. The summed E-state index contributed by atoms with van der Waals surface area (Å²) in [5, 5.41) is 0. The van der Waals surface area contributed by atoms with Crippen molar-refractivity contribution in [1.82, 2.24) is 4.90 Å². The summed E-state index contributed by atoms with van der Waals surface area (Å²) < 4.78 is 5.15. The molecule has 1 aromatic rings. The third-order valence-corrected chi connectivity index (χ3v) is 5.21. The van der Waals surface area contributed by atoms with Gasteiger partial charge in [0.2, 0.25) is 0 Å². The monoisotopic (exact) mass is 288 g/mol. The Morgan fingerprint density at radius 3 is 2.38 bits per heavy atom. The molecule has 1 unspecified atom stereocenters. The van der Waals surface area contributed by atoms with Gasteiger partial charge in [0.15, 0.2) is 0 Å². The summed E-state index contributed by atoms with van der Waals surface area (Å²) in [5.41, 5.74) is 9.21. The molecule has 116 valence electrons. The molecule has 0 saturated carbocycles. The van der Waals surface area contributed by atoms with Crippen molar-refractivity contribution in [3.05, 3.63) is 35.4 Å². The minimum atomic E-state index is 0.210. The number of hydrogen-bond acceptors (Lipinski definition) is 3. The first-order valence-corrected chi connectivity index (χ1v) is 8.31. The zero-order valence-corrected chi connectivity index (χ0v) is 13.1. The van der Waals surface area contributed by atoms with Gasteiger partial charge in [-0.05, 0) is 62.2 Å². The van der Waals surface area contributed by atoms with Crippen molar-refractivity contribution < 1.29 is 4.74 Å². The van der Waals surface area contributed by atoms with E-state index < -0.39 is 0 Å². The first kappa shape index (κ1) is 15.0. The van der Waals surface area contributed by atoms with E-state index in [9.17, 15) is 0 Å². The van der Waals surface area contributed by atoms with E-state index in [0.717, 1.165) is 18.4 Å². The minimum absolute atomic E-state index is 0.210. The molecule has 1 saturated heterocycles. The second-order valence-electron chi connectivity index (χ2n) is 6.76. The Hall–Kier alpha value is -0.900. The number of nitrogens with two attached hydrogens (primary N) is 1. The highest BCUT2D eigenvalue weighted by Crippen LogP contribution is 2.29. The van der Waals surface area contributed by atoms with Crippen LogP contribution in [0, 0.1) is 5.92 Å². The quantitative estimate of drug-likeness (QED) is 0.903. The highest BCUT2D eigenvalue weighted by molar-refractivity contribution is 5.33. The molecule has 0 bridgehead atoms. The number of fused-ring (bicyclic) bond motifs is 1. The highest BCUT2D eigenvalue weighted by atomic mass is 16.5. The zero-order chi connectivity index (χ0) is 14.7. The zero-order valence-electron chi connectivity index (χ0n) is 13.1. The predicted octanol–water partition coefficient (Wildman–Crippen LogP) is 2.23. The van der Waals surface area contributed by atoms with Crippen LogP contribution < -0.4 is 5.73 Å². The SMILES string of the molecule is COCC(N)CC1CCN(C2Cc3ccccc3C2)CC1. The van der Waals surface area contributed by atoms with Gasteiger partial charge in [0, 0.05) is 19.2 Å². The molecule has 3 rings (SSSR count). The molecule has 1 aliphatic heterocycles. The number of benzene rings is 1. The lowest BCUT2D eigenvalue weighted by Gasteiger charge is -2.36. The second kappa shape index (κ2) is 6.91. The third-order valence-electron chi connectivity index (χ3n) is 5.21. The topological polar surface area (TPSA) is 38.5 Å². The van der Waals surface area contributed by atoms with Crippen LogP contribution in [0.1, 0.15) is 30.4 Å². The van der Waals surface area contributed by atoms with Crippen LogP contribution in [0.2, 0.25) is 0 Å². The highest BCUT2D eigenvalue weighted by Gasteiger charge is 2.30. The first-order valence-electron chi connectivity index (χ1n) is 8.31. The van der Waals surface area contributed by atoms with Gasteiger partial charge in [-0.25, -0.2) is 0 Å². The number of hydrogen-bond donors (Lipinski definition) is 1. The van der Waals surface area contributed by atoms with Gasteiger partial charge in [0.05, 0.1) is 6.61 Å². The molecular weight excluding hydrogens is 260 g/mol. The summed E-state index contributed by atoms with van der Waals surface area (Å²) in [6.07, 6.45) is 6.19. The van der Waals surface area contributed by atoms with Gasteiger partial charge in [-0.15, -0.1) is 0 Å². The molecule has 2 aliphatic rings. The van der Waals surface area contributed by atoms with Gasteiger partial charge in [-0.2, -0.15) is 0 Å². The van der Waals surface area contributed by atoms with E-state index in [1.807, 2.05) is 0 Å². The third kappa shape index (κ3) is 3.65. The molecule has 1 aromatic carbocycles. The number of likely N-dealkylation sites (tertiary alicyclic amines) is 1. The first-order chi connectivity index (χ1) is 10.3. The minimum Gasteiger partial charge on any atom is -0.383 e. The van der Waals surface area contributed by atoms with E-state index >= 15 is 0 Å². The second-order valence-corrected chi connectivity index (χ2v) is 6.76. The normalized spacial score (nSPS) is 22.4. The van der Waals surface area contributed by atoms with Crippen molar-refractivity contribution in [1.29, 1.82) is 0 Å². The number of ether oxygens (including phenoxy) is 1. The van der Waals surface area contributed by atoms with Crippen LogP contribution in [0.15, 0.2) is 24.3 Å². The van der Waals surface area contributed by atoms with Crippen molar-refractivity contribution in [2.24, 2.45) is 11.7 Å². The van der Waals surface area contributed by atoms with Crippen molar-refractivity contribution in [3.8, 4) is 0 Å². The molecule has 3 heteroatoms. The molecule has 1 fully saturated rings. The largest absolute Gasteiger partial charge is 0.383 e. The fourth-order valence-corrected chi connectivity index (χ4v) is 4.06. The Kier molecular flexibility index (Phi) is 4.94. The Labute approximate surface area is 128 Å². The smallest absolute Gasteiger partial charge is 0.0613 e. The summed E-state index contributed by atoms with van der Waals surface area (Å²) in [6.45, 7) is 3.17. The Bertz CT molecular complexity index is 429. The van der Waals surface area contributed by atoms with Gasteiger partial charge in [0.1, 0.15) is 0 Å². The van der Waals surface area contributed by atoms with E-state index in [4.69, 9.17) is 10.5 Å². The van der Waals surface area contributed by atoms with Crippen molar-refractivity contribution in [2.75, 3.05) is 26.8 Å².